The third kappa shape index (κ3) is 5.14. The van der Waals surface area contributed by atoms with Crippen molar-refractivity contribution in [1.82, 2.24) is 10.3 Å². The molecule has 6 heteroatoms. The van der Waals surface area contributed by atoms with Crippen LogP contribution in [0.2, 0.25) is 10.0 Å². The fraction of sp³-hybridized carbons (Fsp3) is 0.429. The van der Waals surface area contributed by atoms with Crippen molar-refractivity contribution in [3.8, 4) is 0 Å². The number of rotatable bonds is 6. The Balaban J connectivity index is 1.50. The third-order valence-electron chi connectivity index (χ3n) is 4.97. The summed E-state index contributed by atoms with van der Waals surface area (Å²) in [7, 11) is 2.08. The van der Waals surface area contributed by atoms with Crippen LogP contribution >= 0.6 is 23.2 Å². The number of carbonyl (C=O) groups excluding carboxylic acids is 1. The van der Waals surface area contributed by atoms with Gasteiger partial charge in [-0.3, -0.25) is 4.79 Å². The van der Waals surface area contributed by atoms with E-state index in [0.29, 0.717) is 23.0 Å². The molecule has 1 aliphatic heterocycles. The number of carbonyl (C=O) groups is 1. The number of hydrogen-bond acceptors (Lipinski definition) is 3. The molecule has 4 nitrogen and oxygen atoms in total. The van der Waals surface area contributed by atoms with E-state index < -0.39 is 0 Å². The van der Waals surface area contributed by atoms with Crippen molar-refractivity contribution in [1.29, 1.82) is 0 Å². The van der Waals surface area contributed by atoms with Gasteiger partial charge < -0.3 is 10.2 Å². The normalized spacial score (nSPS) is 14.6. The van der Waals surface area contributed by atoms with E-state index in [4.69, 9.17) is 28.2 Å². The zero-order valence-electron chi connectivity index (χ0n) is 15.8. The quantitative estimate of drug-likeness (QED) is 0.778. The van der Waals surface area contributed by atoms with Gasteiger partial charge in [-0.15, -0.1) is 0 Å². The molecule has 1 aliphatic rings. The molecule has 1 amide bonds. The highest BCUT2D eigenvalue weighted by Crippen LogP contribution is 2.25. The lowest BCUT2D eigenvalue weighted by molar-refractivity contribution is -0.124. The standard InChI is InChI=1S/C21H25Cl2N3O/c1-14(12-15-5-8-18(22)19(23)13-15)21(27)24-10-9-17-7-6-16-4-3-11-26(2)20(16)25-17/h5-8,13-14H,3-4,9-12H2,1-2H3,(H,24,27). The summed E-state index contributed by atoms with van der Waals surface area (Å²) in [6, 6.07) is 9.74. The van der Waals surface area contributed by atoms with Crippen LogP contribution in [0.4, 0.5) is 5.82 Å². The molecule has 0 bridgehead atoms. The molecular weight excluding hydrogens is 381 g/mol. The maximum Gasteiger partial charge on any atom is 0.223 e. The van der Waals surface area contributed by atoms with E-state index >= 15 is 0 Å². The third-order valence-corrected chi connectivity index (χ3v) is 5.71. The van der Waals surface area contributed by atoms with Gasteiger partial charge in [0.15, 0.2) is 0 Å². The highest BCUT2D eigenvalue weighted by Gasteiger charge is 2.16. The molecule has 0 radical (unpaired) electrons. The number of aryl methyl sites for hydroxylation is 1. The largest absolute Gasteiger partial charge is 0.359 e. The molecule has 1 aromatic carbocycles. The zero-order chi connectivity index (χ0) is 19.4. The van der Waals surface area contributed by atoms with Crippen molar-refractivity contribution >= 4 is 34.9 Å². The number of nitrogens with zero attached hydrogens (tertiary/aromatic N) is 2. The van der Waals surface area contributed by atoms with Crippen LogP contribution < -0.4 is 10.2 Å². The van der Waals surface area contributed by atoms with E-state index in [-0.39, 0.29) is 11.8 Å². The molecular formula is C21H25Cl2N3O. The van der Waals surface area contributed by atoms with Gasteiger partial charge in [0.1, 0.15) is 5.82 Å². The Morgan fingerprint density at radius 3 is 2.85 bits per heavy atom. The summed E-state index contributed by atoms with van der Waals surface area (Å²) < 4.78 is 0. The van der Waals surface area contributed by atoms with Crippen molar-refractivity contribution < 1.29 is 4.79 Å². The van der Waals surface area contributed by atoms with Crippen molar-refractivity contribution in [3.63, 3.8) is 0 Å². The van der Waals surface area contributed by atoms with Gasteiger partial charge >= 0.3 is 0 Å². The first kappa shape index (κ1) is 20.0. The van der Waals surface area contributed by atoms with Crippen LogP contribution in [0, 0.1) is 5.92 Å². The number of aromatic nitrogens is 1. The van der Waals surface area contributed by atoms with Crippen molar-refractivity contribution in [2.24, 2.45) is 5.92 Å². The van der Waals surface area contributed by atoms with E-state index in [2.05, 4.69) is 29.4 Å². The minimum absolute atomic E-state index is 0.0381. The first-order valence-corrected chi connectivity index (χ1v) is 10.1. The Hall–Kier alpha value is -1.78. The molecule has 0 aliphatic carbocycles. The molecule has 144 valence electrons. The van der Waals surface area contributed by atoms with Crippen LogP contribution in [0.5, 0.6) is 0 Å². The molecule has 1 N–H and O–H groups in total. The summed E-state index contributed by atoms with van der Waals surface area (Å²) in [6.07, 6.45) is 3.63. The molecule has 0 saturated heterocycles. The van der Waals surface area contributed by atoms with Gasteiger partial charge in [0, 0.05) is 38.2 Å². The van der Waals surface area contributed by atoms with E-state index in [0.717, 1.165) is 36.5 Å². The number of pyridine rings is 1. The molecule has 1 aromatic heterocycles. The summed E-state index contributed by atoms with van der Waals surface area (Å²) in [5.41, 5.74) is 3.33. The molecule has 1 unspecified atom stereocenters. The van der Waals surface area contributed by atoms with Crippen molar-refractivity contribution in [3.05, 3.63) is 57.2 Å². The van der Waals surface area contributed by atoms with Crippen LogP contribution in [-0.4, -0.2) is 31.0 Å². The second-order valence-corrected chi connectivity index (χ2v) is 8.02. The molecule has 1 atom stereocenters. The van der Waals surface area contributed by atoms with Crippen LogP contribution in [0.25, 0.3) is 0 Å². The minimum atomic E-state index is -0.134. The number of halogens is 2. The van der Waals surface area contributed by atoms with Gasteiger partial charge in [0.05, 0.1) is 10.0 Å². The van der Waals surface area contributed by atoms with E-state index in [1.807, 2.05) is 19.1 Å². The fourth-order valence-corrected chi connectivity index (χ4v) is 3.72. The Bertz CT molecular complexity index is 825. The maximum absolute atomic E-state index is 12.4. The first-order chi connectivity index (χ1) is 12.9. The molecule has 27 heavy (non-hydrogen) atoms. The van der Waals surface area contributed by atoms with E-state index in [1.165, 1.54) is 12.0 Å². The lowest BCUT2D eigenvalue weighted by atomic mass is 10.0. The minimum Gasteiger partial charge on any atom is -0.359 e. The van der Waals surface area contributed by atoms with Crippen molar-refractivity contribution in [2.45, 2.75) is 32.6 Å². The number of amides is 1. The average Bonchev–Trinajstić information content (AvgIpc) is 2.65. The van der Waals surface area contributed by atoms with Crippen LogP contribution in [0.15, 0.2) is 30.3 Å². The van der Waals surface area contributed by atoms with Crippen molar-refractivity contribution in [2.75, 3.05) is 25.0 Å². The number of fused-ring (bicyclic) bond motifs is 1. The van der Waals surface area contributed by atoms with Gasteiger partial charge in [0.2, 0.25) is 5.91 Å². The summed E-state index contributed by atoms with van der Waals surface area (Å²) in [5, 5.41) is 4.06. The van der Waals surface area contributed by atoms with E-state index in [1.54, 1.807) is 6.07 Å². The Morgan fingerprint density at radius 2 is 2.07 bits per heavy atom. The van der Waals surface area contributed by atoms with Gasteiger partial charge in [-0.1, -0.05) is 42.3 Å². The Morgan fingerprint density at radius 1 is 1.26 bits per heavy atom. The summed E-state index contributed by atoms with van der Waals surface area (Å²) >= 11 is 12.0. The second-order valence-electron chi connectivity index (χ2n) is 7.21. The summed E-state index contributed by atoms with van der Waals surface area (Å²) in [6.45, 7) is 3.55. The molecule has 2 heterocycles. The number of benzene rings is 1. The number of anilines is 1. The topological polar surface area (TPSA) is 45.2 Å². The lowest BCUT2D eigenvalue weighted by Gasteiger charge is -2.26. The highest BCUT2D eigenvalue weighted by molar-refractivity contribution is 6.42. The zero-order valence-corrected chi connectivity index (χ0v) is 17.3. The predicted molar refractivity (Wildman–Crippen MR) is 112 cm³/mol. The SMILES string of the molecule is CC(Cc1ccc(Cl)c(Cl)c1)C(=O)NCCc1ccc2c(n1)N(C)CCC2. The molecule has 3 rings (SSSR count). The number of nitrogens with one attached hydrogen (secondary N) is 1. The fourth-order valence-electron chi connectivity index (χ4n) is 3.39. The highest BCUT2D eigenvalue weighted by atomic mass is 35.5. The van der Waals surface area contributed by atoms with Gasteiger partial charge in [-0.05, 0) is 48.6 Å². The molecule has 2 aromatic rings. The first-order valence-electron chi connectivity index (χ1n) is 9.35. The monoisotopic (exact) mass is 405 g/mol. The predicted octanol–water partition coefficient (Wildman–Crippen LogP) is 4.31. The molecule has 0 fully saturated rings. The Kier molecular flexibility index (Phi) is 6.61. The van der Waals surface area contributed by atoms with Crippen LogP contribution in [-0.2, 0) is 24.1 Å². The van der Waals surface area contributed by atoms with Gasteiger partial charge in [-0.2, -0.15) is 0 Å². The second kappa shape index (κ2) is 8.94. The Labute approximate surface area is 170 Å². The van der Waals surface area contributed by atoms with Crippen LogP contribution in [0.3, 0.4) is 0 Å². The number of hydrogen-bond donors (Lipinski definition) is 1. The van der Waals surface area contributed by atoms with E-state index in [9.17, 15) is 4.79 Å². The van der Waals surface area contributed by atoms with Gasteiger partial charge in [-0.25, -0.2) is 4.98 Å². The van der Waals surface area contributed by atoms with Gasteiger partial charge in [0.25, 0.3) is 0 Å². The van der Waals surface area contributed by atoms with Crippen LogP contribution in [0.1, 0.15) is 30.2 Å². The average molecular weight is 406 g/mol. The maximum atomic E-state index is 12.4. The molecule has 0 spiro atoms. The molecule has 0 saturated carbocycles. The lowest BCUT2D eigenvalue weighted by Crippen LogP contribution is -2.32. The summed E-state index contributed by atoms with van der Waals surface area (Å²) in [5.74, 6) is 0.985. The summed E-state index contributed by atoms with van der Waals surface area (Å²) in [4.78, 5) is 19.4. The smallest absolute Gasteiger partial charge is 0.223 e.